The molecule has 8 nitrogen and oxygen atoms in total. The molecule has 0 saturated carbocycles. The molecule has 2 saturated heterocycles. The first-order chi connectivity index (χ1) is 16.5. The van der Waals surface area contributed by atoms with Crippen LogP contribution >= 0.6 is 0 Å². The van der Waals surface area contributed by atoms with Gasteiger partial charge in [-0.3, -0.25) is 19.9 Å². The Hall–Kier alpha value is -3.23. The van der Waals surface area contributed by atoms with E-state index in [4.69, 9.17) is 4.99 Å². The van der Waals surface area contributed by atoms with Crippen LogP contribution in [0.4, 0.5) is 4.79 Å². The van der Waals surface area contributed by atoms with Crippen molar-refractivity contribution < 1.29 is 9.59 Å². The van der Waals surface area contributed by atoms with E-state index in [2.05, 4.69) is 75.5 Å². The number of benzene rings is 2. The lowest BCUT2D eigenvalue weighted by Crippen LogP contribution is -2.63. The number of hydrogen-bond donors (Lipinski definition) is 1. The highest BCUT2D eigenvalue weighted by Crippen LogP contribution is 2.26. The molecule has 0 radical (unpaired) electrons. The van der Waals surface area contributed by atoms with Gasteiger partial charge in [-0.1, -0.05) is 60.2 Å². The highest BCUT2D eigenvalue weighted by Gasteiger charge is 2.48. The summed E-state index contributed by atoms with van der Waals surface area (Å²) in [6.07, 6.45) is -0.486. The lowest BCUT2D eigenvalue weighted by Gasteiger charge is -2.38. The van der Waals surface area contributed by atoms with Gasteiger partial charge < -0.3 is 9.80 Å². The molecule has 2 aromatic rings. The summed E-state index contributed by atoms with van der Waals surface area (Å²) in [5.41, 5.74) is 3.65. The van der Waals surface area contributed by atoms with Crippen molar-refractivity contribution in [1.29, 1.82) is 0 Å². The smallest absolute Gasteiger partial charge is 0.325 e. The Morgan fingerprint density at radius 2 is 1.56 bits per heavy atom. The Morgan fingerprint density at radius 1 is 0.882 bits per heavy atom. The second kappa shape index (κ2) is 9.56. The quantitative estimate of drug-likeness (QED) is 0.713. The normalized spacial score (nSPS) is 23.6. The maximum absolute atomic E-state index is 12.9. The monoisotopic (exact) mass is 460 g/mol. The average molecular weight is 461 g/mol. The molecule has 3 amide bonds. The highest BCUT2D eigenvalue weighted by atomic mass is 16.2. The van der Waals surface area contributed by atoms with E-state index >= 15 is 0 Å². The predicted molar refractivity (Wildman–Crippen MR) is 131 cm³/mol. The highest BCUT2D eigenvalue weighted by molar-refractivity contribution is 6.04. The second-order valence-corrected chi connectivity index (χ2v) is 9.46. The van der Waals surface area contributed by atoms with Crippen molar-refractivity contribution in [1.82, 2.24) is 24.9 Å². The molecule has 34 heavy (non-hydrogen) atoms. The topological polar surface area (TPSA) is 71.5 Å². The average Bonchev–Trinajstić information content (AvgIpc) is 3.18. The van der Waals surface area contributed by atoms with Crippen LogP contribution in [0.5, 0.6) is 0 Å². The summed E-state index contributed by atoms with van der Waals surface area (Å²) in [6.45, 7) is 8.17. The molecule has 3 aliphatic rings. The number of amides is 3. The van der Waals surface area contributed by atoms with Gasteiger partial charge in [0.15, 0.2) is 12.2 Å². The van der Waals surface area contributed by atoms with E-state index in [0.717, 1.165) is 44.1 Å². The van der Waals surface area contributed by atoms with Crippen molar-refractivity contribution in [3.05, 3.63) is 71.3 Å². The minimum atomic E-state index is -0.502. The molecular formula is C26H32N6O2. The largest absolute Gasteiger partial charge is 0.339 e. The third kappa shape index (κ3) is 4.69. The maximum Gasteiger partial charge on any atom is 0.325 e. The first kappa shape index (κ1) is 22.6. The van der Waals surface area contributed by atoms with Crippen LogP contribution in [0.2, 0.25) is 0 Å². The van der Waals surface area contributed by atoms with Crippen LogP contribution in [0.3, 0.4) is 0 Å². The van der Waals surface area contributed by atoms with Gasteiger partial charge in [0.05, 0.1) is 6.54 Å². The van der Waals surface area contributed by atoms with Crippen molar-refractivity contribution in [2.45, 2.75) is 32.2 Å². The molecule has 0 spiro atoms. The molecule has 1 N–H and O–H groups in total. The molecular weight excluding hydrogens is 428 g/mol. The Balaban J connectivity index is 1.29. The fourth-order valence-corrected chi connectivity index (χ4v) is 5.06. The van der Waals surface area contributed by atoms with Gasteiger partial charge in [0, 0.05) is 46.3 Å². The molecule has 0 aliphatic carbocycles. The summed E-state index contributed by atoms with van der Waals surface area (Å²) >= 11 is 0. The Bertz CT molecular complexity index is 1080. The number of aliphatic imine (C=N–C) groups is 1. The zero-order valence-corrected chi connectivity index (χ0v) is 19.9. The SMILES string of the molecule is Cc1cccc(CN2C(CN3CCN(Cc4ccccc4)CC3)=NC3C2C(=O)NC(=O)N3C)c1. The zero-order chi connectivity index (χ0) is 23.7. The number of fused-ring (bicyclic) bond motifs is 1. The van der Waals surface area contributed by atoms with Crippen molar-refractivity contribution in [3.8, 4) is 0 Å². The fraction of sp³-hybridized carbons (Fsp3) is 0.423. The summed E-state index contributed by atoms with van der Waals surface area (Å²) < 4.78 is 0. The van der Waals surface area contributed by atoms with Gasteiger partial charge in [-0.15, -0.1) is 0 Å². The molecule has 0 bridgehead atoms. The number of nitrogens with zero attached hydrogens (tertiary/aromatic N) is 5. The summed E-state index contributed by atoms with van der Waals surface area (Å²) in [5, 5.41) is 2.49. The third-order valence-corrected chi connectivity index (χ3v) is 6.96. The van der Waals surface area contributed by atoms with E-state index in [-0.39, 0.29) is 11.9 Å². The van der Waals surface area contributed by atoms with E-state index < -0.39 is 12.2 Å². The van der Waals surface area contributed by atoms with Crippen LogP contribution in [0.25, 0.3) is 0 Å². The lowest BCUT2D eigenvalue weighted by molar-refractivity contribution is -0.127. The molecule has 178 valence electrons. The molecule has 2 aromatic carbocycles. The van der Waals surface area contributed by atoms with Gasteiger partial charge in [-0.25, -0.2) is 9.79 Å². The summed E-state index contributed by atoms with van der Waals surface area (Å²) in [6, 6.07) is 18.0. The minimum Gasteiger partial charge on any atom is -0.339 e. The van der Waals surface area contributed by atoms with E-state index in [0.29, 0.717) is 13.1 Å². The molecule has 2 fully saturated rings. The molecule has 3 heterocycles. The molecule has 8 heteroatoms. The lowest BCUT2D eigenvalue weighted by atomic mass is 10.1. The standard InChI is InChI=1S/C26H32N6O2/c1-19-7-6-10-21(15-19)17-32-22(27-24-23(32)25(33)28-26(34)29(24)2)18-31-13-11-30(12-14-31)16-20-8-4-3-5-9-20/h3-10,15,23-24H,11-14,16-18H2,1-2H3,(H,28,33,34). The number of carbonyl (C=O) groups excluding carboxylic acids is 2. The number of aryl methyl sites for hydroxylation is 1. The zero-order valence-electron chi connectivity index (χ0n) is 19.9. The van der Waals surface area contributed by atoms with Crippen LogP contribution in [0.15, 0.2) is 59.6 Å². The summed E-state index contributed by atoms with van der Waals surface area (Å²) in [7, 11) is 1.71. The predicted octanol–water partition coefficient (Wildman–Crippen LogP) is 1.90. The Kier molecular flexibility index (Phi) is 6.34. The van der Waals surface area contributed by atoms with Gasteiger partial charge in [-0.05, 0) is 18.1 Å². The number of urea groups is 1. The molecule has 0 aromatic heterocycles. The Morgan fingerprint density at radius 3 is 2.26 bits per heavy atom. The molecule has 2 unspecified atom stereocenters. The molecule has 5 rings (SSSR count). The van der Waals surface area contributed by atoms with Gasteiger partial charge in [0.1, 0.15) is 5.84 Å². The fourth-order valence-electron chi connectivity index (χ4n) is 5.06. The van der Waals surface area contributed by atoms with Crippen LogP contribution < -0.4 is 5.32 Å². The van der Waals surface area contributed by atoms with Gasteiger partial charge in [-0.2, -0.15) is 0 Å². The van der Waals surface area contributed by atoms with Crippen molar-refractivity contribution in [2.24, 2.45) is 4.99 Å². The van der Waals surface area contributed by atoms with Crippen LogP contribution in [-0.2, 0) is 17.9 Å². The maximum atomic E-state index is 12.9. The summed E-state index contributed by atoms with van der Waals surface area (Å²) in [5.74, 6) is 0.608. The van der Waals surface area contributed by atoms with E-state index in [1.54, 1.807) is 11.9 Å². The molecule has 3 aliphatic heterocycles. The number of amidine groups is 1. The van der Waals surface area contributed by atoms with Crippen LogP contribution in [0.1, 0.15) is 16.7 Å². The first-order valence-electron chi connectivity index (χ1n) is 11.9. The van der Waals surface area contributed by atoms with Crippen LogP contribution in [-0.4, -0.2) is 89.4 Å². The number of carbonyl (C=O) groups is 2. The first-order valence-corrected chi connectivity index (χ1v) is 11.9. The van der Waals surface area contributed by atoms with Crippen molar-refractivity contribution >= 4 is 17.8 Å². The van der Waals surface area contributed by atoms with Crippen molar-refractivity contribution in [2.75, 3.05) is 39.8 Å². The van der Waals surface area contributed by atoms with Crippen molar-refractivity contribution in [3.63, 3.8) is 0 Å². The number of piperazine rings is 1. The van der Waals surface area contributed by atoms with Gasteiger partial charge in [0.2, 0.25) is 0 Å². The summed E-state index contributed by atoms with van der Waals surface area (Å²) in [4.78, 5) is 38.5. The van der Waals surface area contributed by atoms with Gasteiger partial charge >= 0.3 is 6.03 Å². The minimum absolute atomic E-state index is 0.271. The van der Waals surface area contributed by atoms with E-state index in [9.17, 15) is 9.59 Å². The number of likely N-dealkylation sites (N-methyl/N-ethyl adjacent to an activating group) is 1. The number of rotatable bonds is 6. The number of hydrogen-bond acceptors (Lipinski definition) is 6. The number of nitrogens with one attached hydrogen (secondary N) is 1. The van der Waals surface area contributed by atoms with E-state index in [1.165, 1.54) is 11.1 Å². The van der Waals surface area contributed by atoms with Gasteiger partial charge in [0.25, 0.3) is 5.91 Å². The number of imide groups is 1. The third-order valence-electron chi connectivity index (χ3n) is 6.96. The van der Waals surface area contributed by atoms with Crippen LogP contribution in [0, 0.1) is 6.92 Å². The Labute approximate surface area is 200 Å². The second-order valence-electron chi connectivity index (χ2n) is 9.46. The van der Waals surface area contributed by atoms with E-state index in [1.807, 2.05) is 6.07 Å². The molecule has 2 atom stereocenters.